The lowest BCUT2D eigenvalue weighted by Gasteiger charge is -2.35. The van der Waals surface area contributed by atoms with Crippen molar-refractivity contribution in [3.8, 4) is 0 Å². The highest BCUT2D eigenvalue weighted by Gasteiger charge is 2.46. The molecule has 2 aromatic carbocycles. The summed E-state index contributed by atoms with van der Waals surface area (Å²) in [5.41, 5.74) is 1.50. The molecular weight excluding hydrogens is 360 g/mol. The number of nitro groups is 1. The van der Waals surface area contributed by atoms with Gasteiger partial charge in [-0.2, -0.15) is 0 Å². The highest BCUT2D eigenvalue weighted by Crippen LogP contribution is 2.24. The van der Waals surface area contributed by atoms with E-state index in [9.17, 15) is 19.7 Å². The lowest BCUT2D eigenvalue weighted by molar-refractivity contribution is -0.915. The molecule has 0 aliphatic carbocycles. The Kier molecular flexibility index (Phi) is 4.79. The van der Waals surface area contributed by atoms with Crippen LogP contribution in [0.4, 0.5) is 17.1 Å². The third kappa shape index (κ3) is 3.34. The van der Waals surface area contributed by atoms with Gasteiger partial charge in [-0.1, -0.05) is 18.2 Å². The van der Waals surface area contributed by atoms with Crippen LogP contribution in [0.1, 0.15) is 6.42 Å². The zero-order valence-corrected chi connectivity index (χ0v) is 15.3. The number of non-ortho nitro benzene ring substituents is 1. The summed E-state index contributed by atoms with van der Waals surface area (Å²) in [4.78, 5) is 40.3. The first kappa shape index (κ1) is 18.1. The van der Waals surface area contributed by atoms with Crippen LogP contribution in [0.2, 0.25) is 0 Å². The van der Waals surface area contributed by atoms with Crippen LogP contribution < -0.4 is 14.7 Å². The van der Waals surface area contributed by atoms with E-state index in [1.54, 1.807) is 0 Å². The summed E-state index contributed by atoms with van der Waals surface area (Å²) in [6.07, 6.45) is 0.177. The van der Waals surface area contributed by atoms with Crippen molar-refractivity contribution in [2.75, 3.05) is 36.0 Å². The number of hydrogen-bond donors (Lipinski definition) is 1. The van der Waals surface area contributed by atoms with Crippen LogP contribution in [-0.4, -0.2) is 49.0 Å². The van der Waals surface area contributed by atoms with Crippen LogP contribution in [0, 0.1) is 10.1 Å². The first-order valence-electron chi connectivity index (χ1n) is 9.30. The molecule has 8 nitrogen and oxygen atoms in total. The third-order valence-electron chi connectivity index (χ3n) is 5.49. The van der Waals surface area contributed by atoms with Gasteiger partial charge in [0.2, 0.25) is 5.91 Å². The van der Waals surface area contributed by atoms with Crippen molar-refractivity contribution in [1.29, 1.82) is 0 Å². The molecule has 2 aliphatic rings. The smallest absolute Gasteiger partial charge is 0.292 e. The number of quaternary nitrogens is 1. The number of benzene rings is 2. The van der Waals surface area contributed by atoms with Gasteiger partial charge in [0.05, 0.1) is 43.2 Å². The molecule has 2 aromatic rings. The van der Waals surface area contributed by atoms with E-state index in [4.69, 9.17) is 0 Å². The standard InChI is InChI=1S/C20H20N4O4/c25-19-14-18(20(26)23(19)16-6-8-17(9-7-16)24(27)28)22-12-10-21(11-13-22)15-4-2-1-3-5-15/h1-9,18H,10-14H2/p+1/t18-/m1/s1. The molecule has 4 rings (SSSR count). The Bertz CT molecular complexity index is 892. The van der Waals surface area contributed by atoms with Crippen molar-refractivity contribution >= 4 is 28.9 Å². The molecule has 0 saturated carbocycles. The van der Waals surface area contributed by atoms with Crippen molar-refractivity contribution in [2.45, 2.75) is 12.5 Å². The lowest BCUT2D eigenvalue weighted by Crippen LogP contribution is -3.19. The Morgan fingerprint density at radius 3 is 2.18 bits per heavy atom. The number of nitrogens with one attached hydrogen (secondary N) is 1. The minimum absolute atomic E-state index is 0.0675. The van der Waals surface area contributed by atoms with Gasteiger partial charge in [-0.3, -0.25) is 19.7 Å². The summed E-state index contributed by atoms with van der Waals surface area (Å²) in [7, 11) is 0. The Hall–Kier alpha value is -3.26. The number of nitrogens with zero attached hydrogens (tertiary/aromatic N) is 3. The second-order valence-corrected chi connectivity index (χ2v) is 7.08. The van der Waals surface area contributed by atoms with Gasteiger partial charge in [0.1, 0.15) is 0 Å². The molecule has 0 bridgehead atoms. The van der Waals surface area contributed by atoms with Gasteiger partial charge in [0.15, 0.2) is 6.04 Å². The molecule has 0 spiro atoms. The van der Waals surface area contributed by atoms with Gasteiger partial charge in [0, 0.05) is 17.8 Å². The number of carbonyl (C=O) groups is 2. The number of carbonyl (C=O) groups excluding carboxylic acids is 2. The van der Waals surface area contributed by atoms with Crippen LogP contribution in [-0.2, 0) is 9.59 Å². The zero-order valence-electron chi connectivity index (χ0n) is 15.3. The normalized spacial score (nSPS) is 20.6. The molecule has 28 heavy (non-hydrogen) atoms. The fourth-order valence-electron chi connectivity index (χ4n) is 3.98. The summed E-state index contributed by atoms with van der Waals surface area (Å²) in [6, 6.07) is 15.3. The number of nitro benzene ring substituents is 1. The monoisotopic (exact) mass is 381 g/mol. The van der Waals surface area contributed by atoms with Gasteiger partial charge >= 0.3 is 0 Å². The fourth-order valence-corrected chi connectivity index (χ4v) is 3.98. The second kappa shape index (κ2) is 7.40. The first-order valence-corrected chi connectivity index (χ1v) is 9.30. The highest BCUT2D eigenvalue weighted by atomic mass is 16.6. The molecule has 0 radical (unpaired) electrons. The predicted octanol–water partition coefficient (Wildman–Crippen LogP) is 0.632. The van der Waals surface area contributed by atoms with E-state index in [-0.39, 0.29) is 30.0 Å². The molecule has 1 atom stereocenters. The molecule has 2 heterocycles. The van der Waals surface area contributed by atoms with Crippen molar-refractivity contribution in [3.63, 3.8) is 0 Å². The molecule has 2 saturated heterocycles. The van der Waals surface area contributed by atoms with Crippen molar-refractivity contribution in [1.82, 2.24) is 0 Å². The predicted molar refractivity (Wildman–Crippen MR) is 103 cm³/mol. The largest absolute Gasteiger partial charge is 0.360 e. The van der Waals surface area contributed by atoms with Gasteiger partial charge < -0.3 is 9.80 Å². The summed E-state index contributed by atoms with van der Waals surface area (Å²) in [5, 5.41) is 10.8. The maximum absolute atomic E-state index is 12.9. The highest BCUT2D eigenvalue weighted by molar-refractivity contribution is 6.21. The van der Waals surface area contributed by atoms with Crippen molar-refractivity contribution in [3.05, 3.63) is 64.7 Å². The van der Waals surface area contributed by atoms with Gasteiger partial charge in [-0.15, -0.1) is 0 Å². The second-order valence-electron chi connectivity index (χ2n) is 7.08. The maximum atomic E-state index is 12.9. The number of anilines is 2. The average molecular weight is 381 g/mol. The number of amides is 2. The number of para-hydroxylation sites is 1. The van der Waals surface area contributed by atoms with Gasteiger partial charge in [0.25, 0.3) is 11.6 Å². The Morgan fingerprint density at radius 2 is 1.57 bits per heavy atom. The minimum Gasteiger partial charge on any atom is -0.360 e. The van der Waals surface area contributed by atoms with Crippen LogP contribution in [0.15, 0.2) is 54.6 Å². The summed E-state index contributed by atoms with van der Waals surface area (Å²) < 4.78 is 0. The molecule has 8 heteroatoms. The number of hydrogen-bond acceptors (Lipinski definition) is 5. The van der Waals surface area contributed by atoms with E-state index in [0.29, 0.717) is 5.69 Å². The van der Waals surface area contributed by atoms with E-state index >= 15 is 0 Å². The molecule has 2 amide bonds. The van der Waals surface area contributed by atoms with Gasteiger partial charge in [-0.25, -0.2) is 4.90 Å². The molecule has 1 N–H and O–H groups in total. The molecule has 0 aromatic heterocycles. The Balaban J connectivity index is 1.44. The fraction of sp³-hybridized carbons (Fsp3) is 0.300. The van der Waals surface area contributed by atoms with Crippen LogP contribution >= 0.6 is 0 Å². The Morgan fingerprint density at radius 1 is 0.929 bits per heavy atom. The summed E-state index contributed by atoms with van der Waals surface area (Å²) >= 11 is 0. The van der Waals surface area contributed by atoms with Crippen molar-refractivity contribution in [2.24, 2.45) is 0 Å². The number of imide groups is 1. The third-order valence-corrected chi connectivity index (χ3v) is 5.49. The average Bonchev–Trinajstić information content (AvgIpc) is 3.03. The van der Waals surface area contributed by atoms with E-state index in [1.165, 1.54) is 34.9 Å². The van der Waals surface area contributed by atoms with E-state index < -0.39 is 4.92 Å². The van der Waals surface area contributed by atoms with E-state index in [2.05, 4.69) is 17.0 Å². The summed E-state index contributed by atoms with van der Waals surface area (Å²) in [6.45, 7) is 3.23. The maximum Gasteiger partial charge on any atom is 0.292 e. The number of rotatable bonds is 4. The molecular formula is C20H21N4O4+. The van der Waals surface area contributed by atoms with E-state index in [0.717, 1.165) is 31.1 Å². The molecule has 2 fully saturated rings. The van der Waals surface area contributed by atoms with Crippen LogP contribution in [0.25, 0.3) is 0 Å². The van der Waals surface area contributed by atoms with Crippen LogP contribution in [0.5, 0.6) is 0 Å². The molecule has 2 aliphatic heterocycles. The molecule has 0 unspecified atom stereocenters. The Labute approximate surface area is 162 Å². The van der Waals surface area contributed by atoms with Crippen LogP contribution in [0.3, 0.4) is 0 Å². The topological polar surface area (TPSA) is 88.2 Å². The quantitative estimate of drug-likeness (QED) is 0.477. The minimum atomic E-state index is -0.503. The number of piperazine rings is 1. The zero-order chi connectivity index (χ0) is 19.7. The molecule has 144 valence electrons. The SMILES string of the molecule is O=C1C[C@@H]([NH+]2CCN(c3ccccc3)CC2)C(=O)N1c1ccc([N+](=O)[O-])cc1. The first-order chi connectivity index (χ1) is 13.5. The lowest BCUT2D eigenvalue weighted by atomic mass is 10.1. The van der Waals surface area contributed by atoms with Gasteiger partial charge in [-0.05, 0) is 24.3 Å². The van der Waals surface area contributed by atoms with Crippen molar-refractivity contribution < 1.29 is 19.4 Å². The van der Waals surface area contributed by atoms with E-state index in [1.807, 2.05) is 18.2 Å². The summed E-state index contributed by atoms with van der Waals surface area (Å²) in [5.74, 6) is -0.469.